The molecule has 0 radical (unpaired) electrons. The summed E-state index contributed by atoms with van der Waals surface area (Å²) in [5, 5.41) is 0. The molecule has 0 N–H and O–H groups in total. The lowest BCUT2D eigenvalue weighted by Crippen LogP contribution is -2.00. The van der Waals surface area contributed by atoms with Crippen molar-refractivity contribution in [2.24, 2.45) is 0 Å². The van der Waals surface area contributed by atoms with Gasteiger partial charge in [0, 0.05) is 5.56 Å². The highest BCUT2D eigenvalue weighted by Crippen LogP contribution is 2.11. The van der Waals surface area contributed by atoms with E-state index >= 15 is 0 Å². The van der Waals surface area contributed by atoms with Crippen molar-refractivity contribution >= 4 is 27.4 Å². The van der Waals surface area contributed by atoms with Gasteiger partial charge in [-0.1, -0.05) is 31.2 Å². The van der Waals surface area contributed by atoms with Crippen LogP contribution >= 0.6 is 21.7 Å². The molecule has 0 aliphatic rings. The van der Waals surface area contributed by atoms with Crippen LogP contribution in [0.3, 0.4) is 0 Å². The third-order valence-corrected chi connectivity index (χ3v) is 2.57. The number of halogens is 1. The Morgan fingerprint density at radius 3 is 2.46 bits per heavy atom. The van der Waals surface area contributed by atoms with Crippen molar-refractivity contribution in [1.82, 2.24) is 0 Å². The SMILES string of the molecule is CCc1ccc(C(=O)CSCl)cc1. The van der Waals surface area contributed by atoms with E-state index in [4.69, 9.17) is 10.7 Å². The molecule has 1 aromatic carbocycles. The van der Waals surface area contributed by atoms with Gasteiger partial charge in [-0.15, -0.1) is 0 Å². The molecule has 0 bridgehead atoms. The second-order valence-electron chi connectivity index (χ2n) is 2.73. The van der Waals surface area contributed by atoms with Gasteiger partial charge in [0.05, 0.1) is 5.75 Å². The summed E-state index contributed by atoms with van der Waals surface area (Å²) in [5.74, 6) is 0.426. The minimum Gasteiger partial charge on any atom is -0.293 e. The Hall–Kier alpha value is -0.470. The van der Waals surface area contributed by atoms with E-state index in [-0.39, 0.29) is 5.78 Å². The Kier molecular flexibility index (Phi) is 4.33. The summed E-state index contributed by atoms with van der Waals surface area (Å²) < 4.78 is 0. The minimum absolute atomic E-state index is 0.0858. The van der Waals surface area contributed by atoms with Gasteiger partial charge in [0.1, 0.15) is 0 Å². The van der Waals surface area contributed by atoms with Crippen LogP contribution in [-0.4, -0.2) is 11.5 Å². The van der Waals surface area contributed by atoms with Gasteiger partial charge in [0.15, 0.2) is 5.78 Å². The topological polar surface area (TPSA) is 17.1 Å². The van der Waals surface area contributed by atoms with Crippen molar-refractivity contribution in [3.63, 3.8) is 0 Å². The van der Waals surface area contributed by atoms with Crippen molar-refractivity contribution in [2.45, 2.75) is 13.3 Å². The van der Waals surface area contributed by atoms with Crippen LogP contribution in [0.1, 0.15) is 22.8 Å². The predicted molar refractivity (Wildman–Crippen MR) is 58.5 cm³/mol. The maximum Gasteiger partial charge on any atom is 0.173 e. The number of rotatable bonds is 4. The quantitative estimate of drug-likeness (QED) is 0.716. The zero-order valence-electron chi connectivity index (χ0n) is 7.42. The molecule has 0 aliphatic heterocycles. The molecule has 0 fully saturated rings. The minimum atomic E-state index is 0.0858. The number of hydrogen-bond acceptors (Lipinski definition) is 2. The molecule has 0 saturated carbocycles. The van der Waals surface area contributed by atoms with Crippen molar-refractivity contribution in [1.29, 1.82) is 0 Å². The van der Waals surface area contributed by atoms with Gasteiger partial charge in [-0.2, -0.15) is 0 Å². The highest BCUT2D eigenvalue weighted by atomic mass is 35.7. The molecule has 0 aliphatic carbocycles. The molecule has 0 amide bonds. The molecule has 0 aromatic heterocycles. The second-order valence-corrected chi connectivity index (χ2v) is 3.89. The Morgan fingerprint density at radius 2 is 2.00 bits per heavy atom. The molecule has 70 valence electrons. The zero-order chi connectivity index (χ0) is 9.68. The van der Waals surface area contributed by atoms with Crippen LogP contribution < -0.4 is 0 Å². The van der Waals surface area contributed by atoms with E-state index in [0.29, 0.717) is 5.75 Å². The van der Waals surface area contributed by atoms with Gasteiger partial charge in [-0.25, -0.2) is 0 Å². The van der Waals surface area contributed by atoms with Crippen molar-refractivity contribution in [3.05, 3.63) is 35.4 Å². The number of carbonyl (C=O) groups excluding carboxylic acids is 1. The van der Waals surface area contributed by atoms with E-state index in [1.807, 2.05) is 24.3 Å². The van der Waals surface area contributed by atoms with Gasteiger partial charge in [-0.3, -0.25) is 4.79 Å². The maximum absolute atomic E-state index is 11.3. The Balaban J connectivity index is 2.74. The first-order valence-electron chi connectivity index (χ1n) is 4.13. The number of benzene rings is 1. The van der Waals surface area contributed by atoms with E-state index in [2.05, 4.69) is 6.92 Å². The number of ketones is 1. The van der Waals surface area contributed by atoms with Crippen LogP contribution in [0, 0.1) is 0 Å². The van der Waals surface area contributed by atoms with Crippen LogP contribution in [-0.2, 0) is 6.42 Å². The standard InChI is InChI=1S/C10H11ClOS/c1-2-8-3-5-9(6-4-8)10(12)7-13-11/h3-6H,2,7H2,1H3. The van der Waals surface area contributed by atoms with Crippen molar-refractivity contribution in [3.8, 4) is 0 Å². The van der Waals surface area contributed by atoms with Gasteiger partial charge in [0.25, 0.3) is 0 Å². The van der Waals surface area contributed by atoms with Crippen molar-refractivity contribution < 1.29 is 4.79 Å². The molecular weight excluding hydrogens is 204 g/mol. The molecule has 13 heavy (non-hydrogen) atoms. The zero-order valence-corrected chi connectivity index (χ0v) is 8.99. The molecule has 1 nitrogen and oxygen atoms in total. The number of hydrogen-bond donors (Lipinski definition) is 0. The summed E-state index contributed by atoms with van der Waals surface area (Å²) in [7, 11) is 6.44. The first kappa shape index (κ1) is 10.6. The molecule has 1 rings (SSSR count). The van der Waals surface area contributed by atoms with Gasteiger partial charge >= 0.3 is 0 Å². The Morgan fingerprint density at radius 1 is 1.38 bits per heavy atom. The highest BCUT2D eigenvalue weighted by molar-refractivity contribution is 8.21. The van der Waals surface area contributed by atoms with E-state index in [0.717, 1.165) is 23.0 Å². The summed E-state index contributed by atoms with van der Waals surface area (Å²) in [5.41, 5.74) is 1.99. The summed E-state index contributed by atoms with van der Waals surface area (Å²) >= 11 is 0. The Labute approximate surface area is 87.0 Å². The largest absolute Gasteiger partial charge is 0.293 e. The fourth-order valence-electron chi connectivity index (χ4n) is 1.06. The molecule has 0 unspecified atom stereocenters. The molecule has 0 atom stereocenters. The van der Waals surface area contributed by atoms with Crippen LogP contribution in [0.2, 0.25) is 0 Å². The summed E-state index contributed by atoms with van der Waals surface area (Å²) in [6, 6.07) is 7.67. The lowest BCUT2D eigenvalue weighted by molar-refractivity contribution is 0.102. The summed E-state index contributed by atoms with van der Waals surface area (Å²) in [6.07, 6.45) is 0.999. The average Bonchev–Trinajstić information content (AvgIpc) is 2.18. The molecule has 0 saturated heterocycles. The maximum atomic E-state index is 11.3. The number of aryl methyl sites for hydroxylation is 1. The third kappa shape index (κ3) is 3.05. The monoisotopic (exact) mass is 214 g/mol. The molecule has 0 heterocycles. The van der Waals surface area contributed by atoms with Crippen LogP contribution in [0.5, 0.6) is 0 Å². The third-order valence-electron chi connectivity index (χ3n) is 1.87. The highest BCUT2D eigenvalue weighted by Gasteiger charge is 2.04. The first-order valence-corrected chi connectivity index (χ1v) is 5.94. The van der Waals surface area contributed by atoms with E-state index in [1.165, 1.54) is 5.56 Å². The van der Waals surface area contributed by atoms with Crippen LogP contribution in [0.25, 0.3) is 0 Å². The first-order chi connectivity index (χ1) is 6.27. The fraction of sp³-hybridized carbons (Fsp3) is 0.300. The average molecular weight is 215 g/mol. The summed E-state index contributed by atoms with van der Waals surface area (Å²) in [4.78, 5) is 11.3. The molecule has 0 spiro atoms. The van der Waals surface area contributed by atoms with Gasteiger partial charge in [0.2, 0.25) is 0 Å². The summed E-state index contributed by atoms with van der Waals surface area (Å²) in [6.45, 7) is 2.09. The Bertz CT molecular complexity index is 281. The van der Waals surface area contributed by atoms with Crippen LogP contribution in [0.15, 0.2) is 24.3 Å². The normalized spacial score (nSPS) is 10.0. The van der Waals surface area contributed by atoms with Crippen molar-refractivity contribution in [2.75, 3.05) is 5.75 Å². The lowest BCUT2D eigenvalue weighted by Gasteiger charge is -1.99. The van der Waals surface area contributed by atoms with E-state index < -0.39 is 0 Å². The lowest BCUT2D eigenvalue weighted by atomic mass is 10.1. The smallest absolute Gasteiger partial charge is 0.173 e. The molecule has 3 heteroatoms. The fourth-order valence-corrected chi connectivity index (χ4v) is 1.62. The van der Waals surface area contributed by atoms with E-state index in [9.17, 15) is 4.79 Å². The van der Waals surface area contributed by atoms with Crippen LogP contribution in [0.4, 0.5) is 0 Å². The van der Waals surface area contributed by atoms with Gasteiger partial charge < -0.3 is 0 Å². The number of carbonyl (C=O) groups is 1. The molecular formula is C10H11ClOS. The molecule has 1 aromatic rings. The van der Waals surface area contributed by atoms with Gasteiger partial charge in [-0.05, 0) is 33.6 Å². The predicted octanol–water partition coefficient (Wildman–Crippen LogP) is 3.32. The second kappa shape index (κ2) is 5.30. The van der Waals surface area contributed by atoms with E-state index in [1.54, 1.807) is 0 Å². The number of Topliss-reactive ketones (excluding diaryl/α,β-unsaturated/α-hetero) is 1.